The summed E-state index contributed by atoms with van der Waals surface area (Å²) in [4.78, 5) is 21.1. The molecule has 0 aliphatic heterocycles. The number of nitrogens with one attached hydrogen (secondary N) is 1. The van der Waals surface area contributed by atoms with Crippen molar-refractivity contribution in [2.24, 2.45) is 7.05 Å². The molecule has 0 bridgehead atoms. The maximum atomic E-state index is 4.38. The number of aryl methyl sites for hydroxylation is 1. The highest BCUT2D eigenvalue weighted by molar-refractivity contribution is 5.27. The lowest BCUT2D eigenvalue weighted by atomic mass is 10.4. The molecule has 0 aromatic carbocycles. The minimum absolute atomic E-state index is 0.422. The second-order valence-corrected chi connectivity index (χ2v) is 4.10. The number of anilines is 1. The van der Waals surface area contributed by atoms with Crippen molar-refractivity contribution in [3.8, 4) is 5.95 Å². The van der Waals surface area contributed by atoms with Gasteiger partial charge in [0.1, 0.15) is 24.3 Å². The third-order valence-electron chi connectivity index (χ3n) is 2.75. The van der Waals surface area contributed by atoms with Crippen molar-refractivity contribution in [2.75, 3.05) is 12.4 Å². The quantitative estimate of drug-likeness (QED) is 0.702. The molecule has 9 heteroatoms. The summed E-state index contributed by atoms with van der Waals surface area (Å²) in [6.45, 7) is 0. The predicted octanol–water partition coefficient (Wildman–Crippen LogP) is -0.182. The van der Waals surface area contributed by atoms with Gasteiger partial charge in [0.25, 0.3) is 5.95 Å². The largest absolute Gasteiger partial charge is 0.357 e. The summed E-state index contributed by atoms with van der Waals surface area (Å²) in [5, 5.41) is 6.93. The van der Waals surface area contributed by atoms with E-state index in [2.05, 4.69) is 35.3 Å². The molecule has 0 fully saturated rings. The first-order valence-electron chi connectivity index (χ1n) is 6.00. The van der Waals surface area contributed by atoms with E-state index in [0.717, 1.165) is 5.82 Å². The molecule has 0 saturated carbocycles. The van der Waals surface area contributed by atoms with Gasteiger partial charge in [0.05, 0.1) is 6.42 Å². The normalized spacial score (nSPS) is 10.7. The van der Waals surface area contributed by atoms with Crippen LogP contribution in [0.25, 0.3) is 5.95 Å². The van der Waals surface area contributed by atoms with Gasteiger partial charge in [-0.15, -0.1) is 0 Å². The highest BCUT2D eigenvalue weighted by Crippen LogP contribution is 2.08. The highest BCUT2D eigenvalue weighted by Gasteiger charge is 2.10. The SMILES string of the molecule is CNc1nc(Cc2nccn2C)nc(-n2cncn2)n1. The molecule has 0 spiro atoms. The van der Waals surface area contributed by atoms with Gasteiger partial charge < -0.3 is 9.88 Å². The van der Waals surface area contributed by atoms with Crippen LogP contribution >= 0.6 is 0 Å². The van der Waals surface area contributed by atoms with E-state index in [4.69, 9.17) is 0 Å². The molecule has 0 saturated heterocycles. The van der Waals surface area contributed by atoms with Crippen LogP contribution in [0.5, 0.6) is 0 Å². The molecule has 3 aromatic rings. The summed E-state index contributed by atoms with van der Waals surface area (Å²) in [6.07, 6.45) is 7.12. The molecule has 20 heavy (non-hydrogen) atoms. The molecule has 0 amide bonds. The lowest BCUT2D eigenvalue weighted by Gasteiger charge is -2.06. The highest BCUT2D eigenvalue weighted by atomic mass is 15.4. The van der Waals surface area contributed by atoms with E-state index in [9.17, 15) is 0 Å². The Morgan fingerprint density at radius 1 is 1.25 bits per heavy atom. The van der Waals surface area contributed by atoms with E-state index in [0.29, 0.717) is 24.1 Å². The third-order valence-corrected chi connectivity index (χ3v) is 2.75. The molecule has 0 aliphatic rings. The van der Waals surface area contributed by atoms with Crippen molar-refractivity contribution in [1.29, 1.82) is 0 Å². The molecule has 102 valence electrons. The molecular formula is C11H13N9. The summed E-state index contributed by atoms with van der Waals surface area (Å²) in [7, 11) is 3.69. The monoisotopic (exact) mass is 271 g/mol. The average molecular weight is 271 g/mol. The first-order chi connectivity index (χ1) is 9.76. The van der Waals surface area contributed by atoms with Crippen LogP contribution in [0, 0.1) is 0 Å². The Labute approximate surface area is 114 Å². The first kappa shape index (κ1) is 12.2. The molecule has 3 heterocycles. The zero-order valence-electron chi connectivity index (χ0n) is 11.1. The molecule has 3 aromatic heterocycles. The van der Waals surface area contributed by atoms with Gasteiger partial charge >= 0.3 is 0 Å². The van der Waals surface area contributed by atoms with Crippen LogP contribution in [0.1, 0.15) is 11.6 Å². The molecule has 0 unspecified atom stereocenters. The smallest absolute Gasteiger partial charge is 0.257 e. The van der Waals surface area contributed by atoms with E-state index < -0.39 is 0 Å². The first-order valence-corrected chi connectivity index (χ1v) is 6.00. The standard InChI is InChI=1S/C11H13N9/c1-12-10-16-8(5-9-14-3-4-19(9)2)17-11(18-10)20-7-13-6-15-20/h3-4,6-7H,5H2,1-2H3,(H,12,16,17,18). The van der Waals surface area contributed by atoms with Crippen LogP contribution in [0.2, 0.25) is 0 Å². The molecule has 3 rings (SSSR count). The molecule has 0 atom stereocenters. The van der Waals surface area contributed by atoms with Crippen molar-refractivity contribution >= 4 is 5.95 Å². The van der Waals surface area contributed by atoms with E-state index in [-0.39, 0.29) is 0 Å². The van der Waals surface area contributed by atoms with E-state index in [1.54, 1.807) is 19.6 Å². The topological polar surface area (TPSA) is 99.2 Å². The van der Waals surface area contributed by atoms with Crippen LogP contribution in [0.3, 0.4) is 0 Å². The van der Waals surface area contributed by atoms with E-state index >= 15 is 0 Å². The fraction of sp³-hybridized carbons (Fsp3) is 0.273. The fourth-order valence-electron chi connectivity index (χ4n) is 1.72. The fourth-order valence-corrected chi connectivity index (χ4v) is 1.72. The predicted molar refractivity (Wildman–Crippen MR) is 70.3 cm³/mol. The van der Waals surface area contributed by atoms with Gasteiger partial charge in [-0.1, -0.05) is 0 Å². The van der Waals surface area contributed by atoms with Crippen molar-refractivity contribution in [3.05, 3.63) is 36.7 Å². The summed E-state index contributed by atoms with van der Waals surface area (Å²) < 4.78 is 3.42. The number of rotatable bonds is 4. The molecular weight excluding hydrogens is 258 g/mol. The Morgan fingerprint density at radius 3 is 2.80 bits per heavy atom. The van der Waals surface area contributed by atoms with Gasteiger partial charge in [-0.2, -0.15) is 24.7 Å². The van der Waals surface area contributed by atoms with Gasteiger partial charge in [0.2, 0.25) is 5.95 Å². The minimum atomic E-state index is 0.422. The summed E-state index contributed by atoms with van der Waals surface area (Å²) in [6, 6.07) is 0. The Morgan fingerprint density at radius 2 is 2.15 bits per heavy atom. The van der Waals surface area contributed by atoms with Crippen LogP contribution in [0.4, 0.5) is 5.95 Å². The average Bonchev–Trinajstić information content (AvgIpc) is 3.11. The zero-order chi connectivity index (χ0) is 13.9. The second-order valence-electron chi connectivity index (χ2n) is 4.10. The number of aromatic nitrogens is 8. The minimum Gasteiger partial charge on any atom is -0.357 e. The Balaban J connectivity index is 1.98. The molecule has 1 N–H and O–H groups in total. The van der Waals surface area contributed by atoms with Gasteiger partial charge in [0, 0.05) is 26.5 Å². The van der Waals surface area contributed by atoms with Crippen molar-refractivity contribution in [3.63, 3.8) is 0 Å². The third kappa shape index (κ3) is 2.32. The molecule has 0 radical (unpaired) electrons. The molecule has 0 aliphatic carbocycles. The molecule has 9 nitrogen and oxygen atoms in total. The second kappa shape index (κ2) is 5.03. The Bertz CT molecular complexity index is 701. The maximum Gasteiger partial charge on any atom is 0.257 e. The van der Waals surface area contributed by atoms with Gasteiger partial charge in [0.15, 0.2) is 0 Å². The van der Waals surface area contributed by atoms with Crippen LogP contribution < -0.4 is 5.32 Å². The number of imidazole rings is 1. The van der Waals surface area contributed by atoms with E-state index in [1.807, 2.05) is 17.8 Å². The van der Waals surface area contributed by atoms with Crippen molar-refractivity contribution in [2.45, 2.75) is 6.42 Å². The van der Waals surface area contributed by atoms with Crippen LogP contribution in [-0.2, 0) is 13.5 Å². The van der Waals surface area contributed by atoms with Gasteiger partial charge in [-0.05, 0) is 0 Å². The van der Waals surface area contributed by atoms with Crippen LogP contribution in [-0.4, -0.2) is 46.3 Å². The lowest BCUT2D eigenvalue weighted by molar-refractivity contribution is 0.750. The van der Waals surface area contributed by atoms with Crippen molar-refractivity contribution < 1.29 is 0 Å². The zero-order valence-corrected chi connectivity index (χ0v) is 11.1. The van der Waals surface area contributed by atoms with Gasteiger partial charge in [-0.3, -0.25) is 0 Å². The summed E-state index contributed by atoms with van der Waals surface area (Å²) in [5.41, 5.74) is 0. The summed E-state index contributed by atoms with van der Waals surface area (Å²) in [5.74, 6) is 2.40. The number of hydrogen-bond acceptors (Lipinski definition) is 7. The van der Waals surface area contributed by atoms with E-state index in [1.165, 1.54) is 11.0 Å². The van der Waals surface area contributed by atoms with Crippen molar-refractivity contribution in [1.82, 2.24) is 39.3 Å². The lowest BCUT2D eigenvalue weighted by Crippen LogP contribution is -2.11. The van der Waals surface area contributed by atoms with Crippen LogP contribution in [0.15, 0.2) is 25.0 Å². The Kier molecular flexibility index (Phi) is 3.07. The number of hydrogen-bond donors (Lipinski definition) is 1. The van der Waals surface area contributed by atoms with Gasteiger partial charge in [-0.25, -0.2) is 9.97 Å². The maximum absolute atomic E-state index is 4.38. The Hall–Kier alpha value is -2.84. The number of nitrogens with zero attached hydrogens (tertiary/aromatic N) is 8. The summed E-state index contributed by atoms with van der Waals surface area (Å²) >= 11 is 0.